The van der Waals surface area contributed by atoms with Crippen LogP contribution in [-0.2, 0) is 4.74 Å². The summed E-state index contributed by atoms with van der Waals surface area (Å²) in [7, 11) is 2.15. The molecule has 2 N–H and O–H groups in total. The molecule has 1 aromatic carbocycles. The molecule has 0 bridgehead atoms. The summed E-state index contributed by atoms with van der Waals surface area (Å²) < 4.78 is 5.39. The van der Waals surface area contributed by atoms with Crippen molar-refractivity contribution < 1.29 is 4.74 Å². The Labute approximate surface area is 104 Å². The highest BCUT2D eigenvalue weighted by atomic mass is 16.5. The largest absolute Gasteiger partial charge is 0.399 e. The van der Waals surface area contributed by atoms with Crippen LogP contribution in [0.5, 0.6) is 0 Å². The number of nitrogen functional groups attached to an aromatic ring is 1. The second-order valence-electron chi connectivity index (χ2n) is 4.98. The van der Waals surface area contributed by atoms with E-state index in [4.69, 9.17) is 10.5 Å². The van der Waals surface area contributed by atoms with E-state index in [2.05, 4.69) is 31.0 Å². The van der Waals surface area contributed by atoms with Crippen molar-refractivity contribution in [1.82, 2.24) is 0 Å². The predicted octanol–water partition coefficient (Wildman–Crippen LogP) is 2.44. The Morgan fingerprint density at radius 3 is 2.76 bits per heavy atom. The van der Waals surface area contributed by atoms with Gasteiger partial charge in [-0.15, -0.1) is 0 Å². The van der Waals surface area contributed by atoms with Gasteiger partial charge >= 0.3 is 0 Å². The van der Waals surface area contributed by atoms with Gasteiger partial charge in [-0.2, -0.15) is 0 Å². The number of benzene rings is 1. The van der Waals surface area contributed by atoms with Gasteiger partial charge in [0.05, 0.1) is 0 Å². The van der Waals surface area contributed by atoms with Crippen LogP contribution in [0.1, 0.15) is 18.4 Å². The third-order valence-electron chi connectivity index (χ3n) is 3.52. The maximum atomic E-state index is 5.85. The number of anilines is 2. The lowest BCUT2D eigenvalue weighted by Crippen LogP contribution is -2.29. The van der Waals surface area contributed by atoms with Crippen molar-refractivity contribution in [2.75, 3.05) is 37.4 Å². The topological polar surface area (TPSA) is 38.5 Å². The molecule has 0 saturated carbocycles. The Balaban J connectivity index is 2.02. The molecular formula is C14H22N2O. The van der Waals surface area contributed by atoms with Crippen LogP contribution in [0.4, 0.5) is 11.4 Å². The summed E-state index contributed by atoms with van der Waals surface area (Å²) >= 11 is 0. The van der Waals surface area contributed by atoms with Crippen molar-refractivity contribution in [3.8, 4) is 0 Å². The van der Waals surface area contributed by atoms with Crippen LogP contribution in [0.2, 0.25) is 0 Å². The van der Waals surface area contributed by atoms with E-state index < -0.39 is 0 Å². The summed E-state index contributed by atoms with van der Waals surface area (Å²) in [4.78, 5) is 2.32. The quantitative estimate of drug-likeness (QED) is 0.816. The summed E-state index contributed by atoms with van der Waals surface area (Å²) in [5.41, 5.74) is 9.22. The standard InChI is InChI=1S/C14H22N2O/c1-11-3-4-13(15)9-14(11)16(2)10-12-5-7-17-8-6-12/h3-4,9,12H,5-8,10,15H2,1-2H3. The highest BCUT2D eigenvalue weighted by Crippen LogP contribution is 2.24. The van der Waals surface area contributed by atoms with E-state index in [0.29, 0.717) is 0 Å². The summed E-state index contributed by atoms with van der Waals surface area (Å²) in [5.74, 6) is 0.745. The van der Waals surface area contributed by atoms with Gasteiger partial charge in [0.25, 0.3) is 0 Å². The highest BCUT2D eigenvalue weighted by Gasteiger charge is 2.16. The Bertz CT molecular complexity index is 372. The lowest BCUT2D eigenvalue weighted by molar-refractivity contribution is 0.0685. The van der Waals surface area contributed by atoms with Gasteiger partial charge in [-0.25, -0.2) is 0 Å². The Morgan fingerprint density at radius 2 is 2.06 bits per heavy atom. The number of hydrogen-bond acceptors (Lipinski definition) is 3. The van der Waals surface area contributed by atoms with Crippen molar-refractivity contribution in [2.24, 2.45) is 5.92 Å². The zero-order valence-corrected chi connectivity index (χ0v) is 10.8. The molecule has 2 rings (SSSR count). The van der Waals surface area contributed by atoms with Gasteiger partial charge in [0, 0.05) is 38.2 Å². The van der Waals surface area contributed by atoms with Crippen LogP contribution in [0.3, 0.4) is 0 Å². The lowest BCUT2D eigenvalue weighted by atomic mass is 9.99. The maximum absolute atomic E-state index is 5.85. The van der Waals surface area contributed by atoms with Gasteiger partial charge in [0.2, 0.25) is 0 Å². The number of hydrogen-bond donors (Lipinski definition) is 1. The predicted molar refractivity (Wildman–Crippen MR) is 72.4 cm³/mol. The molecule has 1 fully saturated rings. The Kier molecular flexibility index (Phi) is 3.89. The third kappa shape index (κ3) is 3.13. The third-order valence-corrected chi connectivity index (χ3v) is 3.52. The molecule has 0 radical (unpaired) electrons. The van der Waals surface area contributed by atoms with Crippen LogP contribution in [0, 0.1) is 12.8 Å². The molecule has 0 spiro atoms. The normalized spacial score (nSPS) is 17.1. The van der Waals surface area contributed by atoms with E-state index >= 15 is 0 Å². The molecule has 1 aliphatic rings. The Hall–Kier alpha value is -1.22. The van der Waals surface area contributed by atoms with Crippen LogP contribution < -0.4 is 10.6 Å². The second kappa shape index (κ2) is 5.41. The van der Waals surface area contributed by atoms with E-state index in [1.54, 1.807) is 0 Å². The first-order valence-electron chi connectivity index (χ1n) is 6.32. The molecule has 17 heavy (non-hydrogen) atoms. The molecule has 0 atom stereocenters. The summed E-state index contributed by atoms with van der Waals surface area (Å²) in [6.45, 7) is 5.05. The number of nitrogens with zero attached hydrogens (tertiary/aromatic N) is 1. The van der Waals surface area contributed by atoms with Crippen molar-refractivity contribution >= 4 is 11.4 Å². The molecule has 0 unspecified atom stereocenters. The number of rotatable bonds is 3. The zero-order chi connectivity index (χ0) is 12.3. The molecule has 0 aliphatic carbocycles. The smallest absolute Gasteiger partial charge is 0.0469 e. The van der Waals surface area contributed by atoms with Gasteiger partial charge < -0.3 is 15.4 Å². The number of aryl methyl sites for hydroxylation is 1. The fourth-order valence-electron chi connectivity index (χ4n) is 2.45. The number of nitrogens with two attached hydrogens (primary N) is 1. The van der Waals surface area contributed by atoms with E-state index in [9.17, 15) is 0 Å². The van der Waals surface area contributed by atoms with Crippen LogP contribution >= 0.6 is 0 Å². The summed E-state index contributed by atoms with van der Waals surface area (Å²) in [5, 5.41) is 0. The molecule has 1 aromatic rings. The fraction of sp³-hybridized carbons (Fsp3) is 0.571. The van der Waals surface area contributed by atoms with Crippen molar-refractivity contribution in [3.63, 3.8) is 0 Å². The van der Waals surface area contributed by atoms with Gasteiger partial charge in [0.1, 0.15) is 0 Å². The average molecular weight is 234 g/mol. The molecule has 3 nitrogen and oxygen atoms in total. The second-order valence-corrected chi connectivity index (χ2v) is 4.98. The van der Waals surface area contributed by atoms with E-state index in [0.717, 1.165) is 31.4 Å². The van der Waals surface area contributed by atoms with Gasteiger partial charge in [-0.1, -0.05) is 6.07 Å². The monoisotopic (exact) mass is 234 g/mol. The molecular weight excluding hydrogens is 212 g/mol. The SMILES string of the molecule is Cc1ccc(N)cc1N(C)CC1CCOCC1. The number of ether oxygens (including phenoxy) is 1. The first-order valence-corrected chi connectivity index (χ1v) is 6.32. The molecule has 3 heteroatoms. The lowest BCUT2D eigenvalue weighted by Gasteiger charge is -2.29. The van der Waals surface area contributed by atoms with Crippen LogP contribution in [0.25, 0.3) is 0 Å². The molecule has 0 amide bonds. The molecule has 0 aromatic heterocycles. The maximum Gasteiger partial charge on any atom is 0.0469 e. The molecule has 1 heterocycles. The van der Waals surface area contributed by atoms with E-state index in [1.165, 1.54) is 24.1 Å². The van der Waals surface area contributed by atoms with E-state index in [1.807, 2.05) is 6.07 Å². The first-order chi connectivity index (χ1) is 8.16. The molecule has 1 saturated heterocycles. The van der Waals surface area contributed by atoms with Gasteiger partial charge in [-0.05, 0) is 43.4 Å². The minimum Gasteiger partial charge on any atom is -0.399 e. The molecule has 1 aliphatic heterocycles. The first kappa shape index (κ1) is 12.2. The van der Waals surface area contributed by atoms with Crippen LogP contribution in [0.15, 0.2) is 18.2 Å². The van der Waals surface area contributed by atoms with Crippen molar-refractivity contribution in [1.29, 1.82) is 0 Å². The summed E-state index contributed by atoms with van der Waals surface area (Å²) in [6.07, 6.45) is 2.34. The minimum absolute atomic E-state index is 0.745. The Morgan fingerprint density at radius 1 is 1.35 bits per heavy atom. The average Bonchev–Trinajstić information content (AvgIpc) is 2.33. The fourth-order valence-corrected chi connectivity index (χ4v) is 2.45. The van der Waals surface area contributed by atoms with E-state index in [-0.39, 0.29) is 0 Å². The van der Waals surface area contributed by atoms with Crippen molar-refractivity contribution in [3.05, 3.63) is 23.8 Å². The zero-order valence-electron chi connectivity index (χ0n) is 10.8. The van der Waals surface area contributed by atoms with Gasteiger partial charge in [0.15, 0.2) is 0 Å². The van der Waals surface area contributed by atoms with Crippen molar-refractivity contribution in [2.45, 2.75) is 19.8 Å². The van der Waals surface area contributed by atoms with Gasteiger partial charge in [-0.3, -0.25) is 0 Å². The molecule has 94 valence electrons. The minimum atomic E-state index is 0.745. The summed E-state index contributed by atoms with van der Waals surface area (Å²) in [6, 6.07) is 6.11. The van der Waals surface area contributed by atoms with Crippen LogP contribution in [-0.4, -0.2) is 26.8 Å². The highest BCUT2D eigenvalue weighted by molar-refractivity contribution is 5.60.